The highest BCUT2D eigenvalue weighted by Crippen LogP contribution is 2.36. The lowest BCUT2D eigenvalue weighted by molar-refractivity contribution is -0.137. The molecule has 0 saturated carbocycles. The summed E-state index contributed by atoms with van der Waals surface area (Å²) in [6.45, 7) is 2.31. The Balaban J connectivity index is 1.79. The molecule has 0 bridgehead atoms. The molecule has 0 aliphatic carbocycles. The zero-order chi connectivity index (χ0) is 20.6. The molecule has 0 spiro atoms. The molecule has 0 aliphatic rings. The normalized spacial score (nSPS) is 12.0. The highest BCUT2D eigenvalue weighted by molar-refractivity contribution is 6.29. The topological polar surface area (TPSA) is 48.0 Å². The second-order valence-corrected chi connectivity index (χ2v) is 6.99. The molecule has 4 rings (SSSR count). The van der Waals surface area contributed by atoms with Gasteiger partial charge in [0, 0.05) is 18.0 Å². The molecular formula is C20H17ClF3N5. The minimum Gasteiger partial charge on any atom is -0.325 e. The maximum Gasteiger partial charge on any atom is 0.417 e. The average molecular weight is 420 g/mol. The van der Waals surface area contributed by atoms with Gasteiger partial charge in [-0.05, 0) is 24.6 Å². The molecule has 5 nitrogen and oxygen atoms in total. The van der Waals surface area contributed by atoms with Gasteiger partial charge in [0.1, 0.15) is 11.0 Å². The van der Waals surface area contributed by atoms with Crippen LogP contribution in [0.4, 0.5) is 13.2 Å². The number of aryl methyl sites for hydroxylation is 1. The number of hydrogen-bond acceptors (Lipinski definition) is 3. The number of nitrogens with zero attached hydrogens (tertiary/aromatic N) is 5. The van der Waals surface area contributed by atoms with Gasteiger partial charge in [-0.15, -0.1) is 0 Å². The lowest BCUT2D eigenvalue weighted by atomic mass is 10.1. The smallest absolute Gasteiger partial charge is 0.325 e. The summed E-state index contributed by atoms with van der Waals surface area (Å²) in [5, 5.41) is 4.67. The first-order valence-electron chi connectivity index (χ1n) is 9.09. The zero-order valence-corrected chi connectivity index (χ0v) is 16.2. The second kappa shape index (κ2) is 7.51. The lowest BCUT2D eigenvalue weighted by Gasteiger charge is -2.14. The Bertz CT molecular complexity index is 1160. The third-order valence-electron chi connectivity index (χ3n) is 4.62. The van der Waals surface area contributed by atoms with Crippen molar-refractivity contribution in [2.45, 2.75) is 32.5 Å². The first-order chi connectivity index (χ1) is 13.9. The van der Waals surface area contributed by atoms with Crippen molar-refractivity contribution in [2.24, 2.45) is 0 Å². The highest BCUT2D eigenvalue weighted by Gasteiger charge is 2.34. The number of halogens is 4. The SMILES string of the molecule is CCCc1c(Cn2ccnc2-c2ccccc2C(F)(F)F)nc2ccc(Cl)nn12. The van der Waals surface area contributed by atoms with E-state index in [0.29, 0.717) is 17.2 Å². The molecule has 4 aromatic rings. The maximum atomic E-state index is 13.5. The standard InChI is InChI=1S/C20H17ClF3N5/c1-2-5-16-15(26-18-9-8-17(21)27-29(16)18)12-28-11-10-25-19(28)13-6-3-4-7-14(13)20(22,23)24/h3-4,6-11H,2,5,12H2,1H3. The molecule has 0 amide bonds. The molecule has 29 heavy (non-hydrogen) atoms. The lowest BCUT2D eigenvalue weighted by Crippen LogP contribution is -2.10. The van der Waals surface area contributed by atoms with Crippen molar-refractivity contribution in [3.05, 3.63) is 70.9 Å². The zero-order valence-electron chi connectivity index (χ0n) is 15.5. The molecule has 3 aromatic heterocycles. The van der Waals surface area contributed by atoms with Crippen LogP contribution >= 0.6 is 11.6 Å². The van der Waals surface area contributed by atoms with E-state index < -0.39 is 11.7 Å². The summed E-state index contributed by atoms with van der Waals surface area (Å²) in [4.78, 5) is 8.82. The average Bonchev–Trinajstić information content (AvgIpc) is 3.27. The summed E-state index contributed by atoms with van der Waals surface area (Å²) >= 11 is 6.03. The van der Waals surface area contributed by atoms with Crippen LogP contribution in [0.3, 0.4) is 0 Å². The number of benzene rings is 1. The van der Waals surface area contributed by atoms with E-state index in [-0.39, 0.29) is 17.9 Å². The van der Waals surface area contributed by atoms with E-state index in [1.165, 1.54) is 18.3 Å². The highest BCUT2D eigenvalue weighted by atomic mass is 35.5. The minimum absolute atomic E-state index is 0.0342. The van der Waals surface area contributed by atoms with E-state index in [4.69, 9.17) is 11.6 Å². The van der Waals surface area contributed by atoms with Crippen LogP contribution < -0.4 is 0 Å². The van der Waals surface area contributed by atoms with Crippen LogP contribution in [-0.2, 0) is 19.1 Å². The van der Waals surface area contributed by atoms with Crippen LogP contribution in [0.25, 0.3) is 17.0 Å². The number of fused-ring (bicyclic) bond motifs is 1. The predicted octanol–water partition coefficient (Wildman–Crippen LogP) is 5.27. The van der Waals surface area contributed by atoms with Crippen LogP contribution in [0.5, 0.6) is 0 Å². The van der Waals surface area contributed by atoms with Crippen molar-refractivity contribution in [3.63, 3.8) is 0 Å². The molecule has 0 fully saturated rings. The Morgan fingerprint density at radius 1 is 1.10 bits per heavy atom. The summed E-state index contributed by atoms with van der Waals surface area (Å²) in [5.74, 6) is 0.239. The van der Waals surface area contributed by atoms with Gasteiger partial charge in [0.25, 0.3) is 0 Å². The maximum absolute atomic E-state index is 13.5. The van der Waals surface area contributed by atoms with Crippen LogP contribution in [0, 0.1) is 0 Å². The van der Waals surface area contributed by atoms with Crippen molar-refractivity contribution in [1.29, 1.82) is 0 Å². The number of imidazole rings is 2. The van der Waals surface area contributed by atoms with Gasteiger partial charge in [-0.2, -0.15) is 18.3 Å². The van der Waals surface area contributed by atoms with Crippen molar-refractivity contribution in [1.82, 2.24) is 24.1 Å². The fraction of sp³-hybridized carbons (Fsp3) is 0.250. The van der Waals surface area contributed by atoms with Crippen LogP contribution in [0.1, 0.15) is 30.3 Å². The molecule has 0 atom stereocenters. The number of aromatic nitrogens is 5. The third-order valence-corrected chi connectivity index (χ3v) is 4.82. The van der Waals surface area contributed by atoms with Gasteiger partial charge in [0.2, 0.25) is 0 Å². The first kappa shape index (κ1) is 19.4. The Morgan fingerprint density at radius 2 is 1.90 bits per heavy atom. The van der Waals surface area contributed by atoms with Crippen LogP contribution in [0.15, 0.2) is 48.8 Å². The van der Waals surface area contributed by atoms with Crippen LogP contribution in [-0.4, -0.2) is 24.1 Å². The second-order valence-electron chi connectivity index (χ2n) is 6.60. The first-order valence-corrected chi connectivity index (χ1v) is 9.47. The molecule has 1 aromatic carbocycles. The summed E-state index contributed by atoms with van der Waals surface area (Å²) in [6, 6.07) is 8.87. The number of rotatable bonds is 5. The molecule has 0 aliphatic heterocycles. The molecule has 0 saturated heterocycles. The fourth-order valence-electron chi connectivity index (χ4n) is 3.38. The largest absolute Gasteiger partial charge is 0.417 e. The van der Waals surface area contributed by atoms with E-state index in [1.807, 2.05) is 6.92 Å². The molecule has 3 heterocycles. The summed E-state index contributed by atoms with van der Waals surface area (Å²) < 4.78 is 43.8. The molecule has 0 N–H and O–H groups in total. The molecule has 150 valence electrons. The summed E-state index contributed by atoms with van der Waals surface area (Å²) in [5.41, 5.74) is 1.57. The molecule has 9 heteroatoms. The Labute approximate surface area is 169 Å². The molecule has 0 unspecified atom stereocenters. The van der Waals surface area contributed by atoms with Gasteiger partial charge in [-0.1, -0.05) is 43.1 Å². The van der Waals surface area contributed by atoms with Crippen molar-refractivity contribution in [3.8, 4) is 11.4 Å². The number of alkyl halides is 3. The fourth-order valence-corrected chi connectivity index (χ4v) is 3.52. The molecule has 0 radical (unpaired) electrons. The Hall–Kier alpha value is -2.87. The van der Waals surface area contributed by atoms with E-state index in [2.05, 4.69) is 15.1 Å². The van der Waals surface area contributed by atoms with Gasteiger partial charge >= 0.3 is 6.18 Å². The van der Waals surface area contributed by atoms with Gasteiger partial charge in [-0.3, -0.25) is 0 Å². The molecular weight excluding hydrogens is 403 g/mol. The summed E-state index contributed by atoms with van der Waals surface area (Å²) in [6.07, 6.45) is 0.260. The summed E-state index contributed by atoms with van der Waals surface area (Å²) in [7, 11) is 0. The van der Waals surface area contributed by atoms with Crippen molar-refractivity contribution in [2.75, 3.05) is 0 Å². The van der Waals surface area contributed by atoms with Gasteiger partial charge in [-0.25, -0.2) is 14.5 Å². The van der Waals surface area contributed by atoms with E-state index in [1.54, 1.807) is 33.5 Å². The minimum atomic E-state index is -4.47. The Kier molecular flexibility index (Phi) is 5.04. The van der Waals surface area contributed by atoms with E-state index in [0.717, 1.165) is 23.9 Å². The monoisotopic (exact) mass is 419 g/mol. The van der Waals surface area contributed by atoms with E-state index in [9.17, 15) is 13.2 Å². The van der Waals surface area contributed by atoms with Gasteiger partial charge < -0.3 is 4.57 Å². The quantitative estimate of drug-likeness (QED) is 0.443. The predicted molar refractivity (Wildman–Crippen MR) is 104 cm³/mol. The van der Waals surface area contributed by atoms with Gasteiger partial charge in [0.15, 0.2) is 5.65 Å². The van der Waals surface area contributed by atoms with Crippen molar-refractivity contribution < 1.29 is 13.2 Å². The van der Waals surface area contributed by atoms with Gasteiger partial charge in [0.05, 0.1) is 23.5 Å². The van der Waals surface area contributed by atoms with Crippen LogP contribution in [0.2, 0.25) is 5.15 Å². The van der Waals surface area contributed by atoms with E-state index >= 15 is 0 Å². The Morgan fingerprint density at radius 3 is 2.66 bits per heavy atom. The third kappa shape index (κ3) is 3.72. The number of hydrogen-bond donors (Lipinski definition) is 0. The van der Waals surface area contributed by atoms with Crippen molar-refractivity contribution >= 4 is 17.2 Å².